The lowest BCUT2D eigenvalue weighted by Crippen LogP contribution is -2.34. The van der Waals surface area contributed by atoms with E-state index in [1.807, 2.05) is 65.6 Å². The third-order valence-electron chi connectivity index (χ3n) is 4.95. The van der Waals surface area contributed by atoms with Crippen molar-refractivity contribution in [2.24, 2.45) is 0 Å². The summed E-state index contributed by atoms with van der Waals surface area (Å²) in [4.78, 5) is 16.1. The van der Waals surface area contributed by atoms with Crippen LogP contribution in [0.25, 0.3) is 0 Å². The van der Waals surface area contributed by atoms with E-state index in [1.54, 1.807) is 20.3 Å². The summed E-state index contributed by atoms with van der Waals surface area (Å²) in [5.74, 6) is 1.70. The summed E-state index contributed by atoms with van der Waals surface area (Å²) < 4.78 is 10.7. The number of hydrogen-bond acceptors (Lipinski definition) is 4. The molecular weight excluding hydrogens is 465 g/mol. The van der Waals surface area contributed by atoms with E-state index in [0.717, 1.165) is 16.0 Å². The van der Waals surface area contributed by atoms with E-state index in [1.165, 1.54) is 11.8 Å². The Bertz CT molecular complexity index is 1050. The smallest absolute Gasteiger partial charge is 0.233 e. The number of rotatable bonds is 10. The molecule has 0 aliphatic rings. The van der Waals surface area contributed by atoms with Gasteiger partial charge < -0.3 is 14.4 Å². The summed E-state index contributed by atoms with van der Waals surface area (Å²) in [6, 6.07) is 21.1. The lowest BCUT2D eigenvalue weighted by molar-refractivity contribution is -0.128. The maximum atomic E-state index is 13.2. The maximum absolute atomic E-state index is 13.2. The van der Waals surface area contributed by atoms with Gasteiger partial charge in [0.2, 0.25) is 5.91 Å². The van der Waals surface area contributed by atoms with Crippen LogP contribution in [0.15, 0.2) is 71.6 Å². The number of carbonyl (C=O) groups is 1. The van der Waals surface area contributed by atoms with Crippen molar-refractivity contribution in [2.75, 3.05) is 26.5 Å². The van der Waals surface area contributed by atoms with Gasteiger partial charge in [0.05, 0.1) is 20.0 Å². The van der Waals surface area contributed by atoms with E-state index in [0.29, 0.717) is 46.8 Å². The average molecular weight is 490 g/mol. The molecule has 32 heavy (non-hydrogen) atoms. The molecule has 0 radical (unpaired) electrons. The monoisotopic (exact) mass is 489 g/mol. The van der Waals surface area contributed by atoms with Crippen molar-refractivity contribution in [3.8, 4) is 11.5 Å². The Kier molecular flexibility index (Phi) is 9.15. The molecule has 0 aliphatic carbocycles. The highest BCUT2D eigenvalue weighted by Crippen LogP contribution is 2.29. The van der Waals surface area contributed by atoms with Crippen LogP contribution >= 0.6 is 35.0 Å². The minimum absolute atomic E-state index is 0.0544. The Morgan fingerprint density at radius 1 is 0.938 bits per heavy atom. The largest absolute Gasteiger partial charge is 0.493 e. The molecule has 7 heteroatoms. The first-order valence-corrected chi connectivity index (χ1v) is 11.8. The summed E-state index contributed by atoms with van der Waals surface area (Å²) in [5.41, 5.74) is 1.92. The molecule has 0 aromatic heterocycles. The Balaban J connectivity index is 1.75. The molecule has 0 N–H and O–H groups in total. The van der Waals surface area contributed by atoms with E-state index in [4.69, 9.17) is 32.7 Å². The van der Waals surface area contributed by atoms with E-state index in [9.17, 15) is 4.79 Å². The molecular formula is C25H25Cl2NO3S. The van der Waals surface area contributed by atoms with E-state index >= 15 is 0 Å². The first-order chi connectivity index (χ1) is 15.5. The number of ether oxygens (including phenoxy) is 2. The van der Waals surface area contributed by atoms with Crippen molar-refractivity contribution in [1.82, 2.24) is 4.90 Å². The second-order valence-corrected chi connectivity index (χ2v) is 8.98. The first kappa shape index (κ1) is 24.3. The second-order valence-electron chi connectivity index (χ2n) is 7.09. The molecule has 0 fully saturated rings. The number of hydrogen-bond donors (Lipinski definition) is 0. The molecule has 3 aromatic carbocycles. The summed E-state index contributed by atoms with van der Waals surface area (Å²) in [6.45, 7) is 0.990. The van der Waals surface area contributed by atoms with Crippen molar-refractivity contribution in [1.29, 1.82) is 0 Å². The molecule has 0 saturated carbocycles. The van der Waals surface area contributed by atoms with Crippen LogP contribution in [0.3, 0.4) is 0 Å². The van der Waals surface area contributed by atoms with E-state index in [-0.39, 0.29) is 5.91 Å². The normalized spacial score (nSPS) is 10.6. The Morgan fingerprint density at radius 2 is 1.69 bits per heavy atom. The van der Waals surface area contributed by atoms with Gasteiger partial charge in [-0.05, 0) is 53.9 Å². The molecule has 3 rings (SSSR count). The first-order valence-electron chi connectivity index (χ1n) is 10.1. The number of nitrogens with zero attached hydrogens (tertiary/aromatic N) is 1. The fourth-order valence-electron chi connectivity index (χ4n) is 3.22. The molecule has 4 nitrogen and oxygen atoms in total. The standard InChI is InChI=1S/C25H25Cl2NO3S/c1-30-23-11-8-18(14-24(23)31-2)16-28(13-12-19-9-10-20(26)15-22(19)27)25(29)17-32-21-6-4-3-5-7-21/h3-11,14-15H,12-13,16-17H2,1-2H3. The van der Waals surface area contributed by atoms with Gasteiger partial charge in [-0.25, -0.2) is 0 Å². The average Bonchev–Trinajstić information content (AvgIpc) is 2.81. The Morgan fingerprint density at radius 3 is 2.38 bits per heavy atom. The van der Waals surface area contributed by atoms with Gasteiger partial charge in [0.15, 0.2) is 11.5 Å². The Labute approximate surface area is 203 Å². The van der Waals surface area contributed by atoms with Gasteiger partial charge in [-0.1, -0.05) is 53.5 Å². The summed E-state index contributed by atoms with van der Waals surface area (Å²) in [7, 11) is 3.20. The van der Waals surface area contributed by atoms with Crippen molar-refractivity contribution >= 4 is 40.9 Å². The summed E-state index contributed by atoms with van der Waals surface area (Å²) >= 11 is 13.9. The number of amides is 1. The van der Waals surface area contributed by atoms with Gasteiger partial charge in [0.1, 0.15) is 0 Å². The van der Waals surface area contributed by atoms with Crippen molar-refractivity contribution in [3.63, 3.8) is 0 Å². The summed E-state index contributed by atoms with van der Waals surface area (Å²) in [6.07, 6.45) is 0.630. The van der Waals surface area contributed by atoms with Gasteiger partial charge in [-0.15, -0.1) is 11.8 Å². The Hall–Kier alpha value is -2.34. The van der Waals surface area contributed by atoms with Gasteiger partial charge in [0.25, 0.3) is 0 Å². The fraction of sp³-hybridized carbons (Fsp3) is 0.240. The highest BCUT2D eigenvalue weighted by atomic mass is 35.5. The SMILES string of the molecule is COc1ccc(CN(CCc2ccc(Cl)cc2Cl)C(=O)CSc2ccccc2)cc1OC. The summed E-state index contributed by atoms with van der Waals surface area (Å²) in [5, 5.41) is 1.20. The zero-order valence-corrected chi connectivity index (χ0v) is 20.3. The zero-order chi connectivity index (χ0) is 22.9. The van der Waals surface area contributed by atoms with Crippen LogP contribution in [-0.2, 0) is 17.8 Å². The minimum atomic E-state index is 0.0544. The number of halogens is 2. The quantitative estimate of drug-likeness (QED) is 0.310. The van der Waals surface area contributed by atoms with Gasteiger partial charge in [0, 0.05) is 28.0 Å². The highest BCUT2D eigenvalue weighted by molar-refractivity contribution is 8.00. The molecule has 0 saturated heterocycles. The third kappa shape index (κ3) is 6.83. The van der Waals surface area contributed by atoms with E-state index in [2.05, 4.69) is 0 Å². The van der Waals surface area contributed by atoms with Crippen LogP contribution in [0.2, 0.25) is 10.0 Å². The predicted octanol–water partition coefficient (Wildman–Crippen LogP) is 6.37. The van der Waals surface area contributed by atoms with Crippen LogP contribution in [0, 0.1) is 0 Å². The van der Waals surface area contributed by atoms with Crippen LogP contribution in [0.5, 0.6) is 11.5 Å². The molecule has 1 amide bonds. The van der Waals surface area contributed by atoms with Gasteiger partial charge >= 0.3 is 0 Å². The van der Waals surface area contributed by atoms with Crippen LogP contribution in [0.4, 0.5) is 0 Å². The molecule has 0 bridgehead atoms. The third-order valence-corrected chi connectivity index (χ3v) is 6.53. The highest BCUT2D eigenvalue weighted by Gasteiger charge is 2.17. The molecule has 3 aromatic rings. The number of benzene rings is 3. The molecule has 0 atom stereocenters. The molecule has 0 heterocycles. The van der Waals surface area contributed by atoms with E-state index < -0.39 is 0 Å². The number of methoxy groups -OCH3 is 2. The van der Waals surface area contributed by atoms with Crippen LogP contribution in [-0.4, -0.2) is 37.3 Å². The van der Waals surface area contributed by atoms with Crippen molar-refractivity contribution < 1.29 is 14.3 Å². The lowest BCUT2D eigenvalue weighted by atomic mass is 10.1. The molecule has 0 unspecified atom stereocenters. The minimum Gasteiger partial charge on any atom is -0.493 e. The number of thioether (sulfide) groups is 1. The zero-order valence-electron chi connectivity index (χ0n) is 18.0. The fourth-order valence-corrected chi connectivity index (χ4v) is 4.55. The van der Waals surface area contributed by atoms with Crippen molar-refractivity contribution in [3.05, 3.63) is 87.9 Å². The lowest BCUT2D eigenvalue weighted by Gasteiger charge is -2.24. The second kappa shape index (κ2) is 12.0. The molecule has 0 spiro atoms. The molecule has 168 valence electrons. The van der Waals surface area contributed by atoms with Crippen LogP contribution < -0.4 is 9.47 Å². The molecule has 0 aliphatic heterocycles. The predicted molar refractivity (Wildman–Crippen MR) is 132 cm³/mol. The van der Waals surface area contributed by atoms with Gasteiger partial charge in [-0.3, -0.25) is 4.79 Å². The van der Waals surface area contributed by atoms with Gasteiger partial charge in [-0.2, -0.15) is 0 Å². The van der Waals surface area contributed by atoms with Crippen molar-refractivity contribution in [2.45, 2.75) is 17.9 Å². The topological polar surface area (TPSA) is 38.8 Å². The van der Waals surface area contributed by atoms with Crippen LogP contribution in [0.1, 0.15) is 11.1 Å². The number of carbonyl (C=O) groups excluding carboxylic acids is 1. The maximum Gasteiger partial charge on any atom is 0.233 e.